The fraction of sp³-hybridized carbons (Fsp3) is 0.619. The van der Waals surface area contributed by atoms with Gasteiger partial charge in [0.05, 0.1) is 6.67 Å². The number of benzene rings is 1. The normalized spacial score (nSPS) is 25.8. The summed E-state index contributed by atoms with van der Waals surface area (Å²) in [6.07, 6.45) is 7.11. The van der Waals surface area contributed by atoms with Gasteiger partial charge in [-0.25, -0.2) is 0 Å². The lowest BCUT2D eigenvalue weighted by Crippen LogP contribution is -2.58. The first-order valence-electron chi connectivity index (χ1n) is 8.87. The second-order valence-electron chi connectivity index (χ2n) is 9.66. The fourth-order valence-electron chi connectivity index (χ4n) is 6.07. The number of hydrogen-bond donors (Lipinski definition) is 0. The van der Waals surface area contributed by atoms with E-state index in [0.717, 1.165) is 6.67 Å². The van der Waals surface area contributed by atoms with Gasteiger partial charge in [0.2, 0.25) is 0 Å². The van der Waals surface area contributed by atoms with Gasteiger partial charge in [-0.2, -0.15) is 0 Å². The summed E-state index contributed by atoms with van der Waals surface area (Å²) < 4.78 is 0. The first kappa shape index (κ1) is 16.4. The Labute approximate surface area is 142 Å². The van der Waals surface area contributed by atoms with Crippen LogP contribution in [0.15, 0.2) is 42.7 Å². The third-order valence-corrected chi connectivity index (χ3v) is 5.52. The SMILES string of the molecule is CC1(C)CC(C)(C)C(N2C=CN(c3ccccc3)C2)C(C)(C)C1. The molecule has 0 N–H and O–H groups in total. The van der Waals surface area contributed by atoms with Crippen LogP contribution in [0.4, 0.5) is 5.69 Å². The average Bonchev–Trinajstić information content (AvgIpc) is 2.84. The Bertz CT molecular complexity index is 563. The van der Waals surface area contributed by atoms with Gasteiger partial charge in [-0.15, -0.1) is 0 Å². The van der Waals surface area contributed by atoms with Crippen molar-refractivity contribution in [3.05, 3.63) is 42.7 Å². The molecular weight excluding hydrogens is 280 g/mol. The molecule has 0 bridgehead atoms. The van der Waals surface area contributed by atoms with Crippen LogP contribution >= 0.6 is 0 Å². The van der Waals surface area contributed by atoms with Crippen LogP contribution in [0.2, 0.25) is 0 Å². The van der Waals surface area contributed by atoms with Crippen LogP contribution < -0.4 is 4.90 Å². The zero-order valence-corrected chi connectivity index (χ0v) is 15.6. The molecule has 1 aromatic rings. The van der Waals surface area contributed by atoms with Crippen molar-refractivity contribution in [2.45, 2.75) is 60.4 Å². The van der Waals surface area contributed by atoms with Crippen molar-refractivity contribution in [1.29, 1.82) is 0 Å². The maximum Gasteiger partial charge on any atom is 0.0945 e. The molecule has 0 radical (unpaired) electrons. The van der Waals surface area contributed by atoms with E-state index < -0.39 is 0 Å². The minimum absolute atomic E-state index is 0.308. The van der Waals surface area contributed by atoms with Gasteiger partial charge in [0.25, 0.3) is 0 Å². The molecule has 1 heterocycles. The summed E-state index contributed by atoms with van der Waals surface area (Å²) in [6, 6.07) is 11.2. The lowest BCUT2D eigenvalue weighted by Gasteiger charge is -2.58. The molecule has 23 heavy (non-hydrogen) atoms. The molecule has 0 spiro atoms. The Morgan fingerprint density at radius 3 is 1.96 bits per heavy atom. The molecule has 1 aromatic carbocycles. The van der Waals surface area contributed by atoms with E-state index in [1.165, 1.54) is 18.5 Å². The molecule has 2 aliphatic rings. The highest BCUT2D eigenvalue weighted by atomic mass is 15.4. The Balaban J connectivity index is 1.83. The summed E-state index contributed by atoms with van der Waals surface area (Å²) in [4.78, 5) is 4.92. The Kier molecular flexibility index (Phi) is 3.78. The van der Waals surface area contributed by atoms with Gasteiger partial charge in [0, 0.05) is 24.1 Å². The molecular formula is C21H32N2. The number of hydrogen-bond acceptors (Lipinski definition) is 2. The van der Waals surface area contributed by atoms with Gasteiger partial charge in [-0.1, -0.05) is 59.7 Å². The van der Waals surface area contributed by atoms with Gasteiger partial charge >= 0.3 is 0 Å². The zero-order chi connectivity index (χ0) is 16.9. The van der Waals surface area contributed by atoms with Crippen LogP contribution in [0.25, 0.3) is 0 Å². The van der Waals surface area contributed by atoms with Crippen molar-refractivity contribution >= 4 is 5.69 Å². The van der Waals surface area contributed by atoms with E-state index in [2.05, 4.69) is 94.1 Å². The topological polar surface area (TPSA) is 6.48 Å². The number of para-hydroxylation sites is 1. The predicted molar refractivity (Wildman–Crippen MR) is 99.1 cm³/mol. The largest absolute Gasteiger partial charge is 0.354 e. The molecule has 3 rings (SSSR count). The minimum atomic E-state index is 0.308. The number of anilines is 1. The quantitative estimate of drug-likeness (QED) is 0.713. The van der Waals surface area contributed by atoms with Crippen molar-refractivity contribution in [3.63, 3.8) is 0 Å². The average molecular weight is 313 g/mol. The van der Waals surface area contributed by atoms with Crippen LogP contribution in [-0.4, -0.2) is 17.6 Å². The summed E-state index contributed by atoms with van der Waals surface area (Å²) in [6.45, 7) is 15.7. The highest BCUT2D eigenvalue weighted by Crippen LogP contribution is 2.56. The van der Waals surface area contributed by atoms with E-state index in [-0.39, 0.29) is 0 Å². The van der Waals surface area contributed by atoms with E-state index >= 15 is 0 Å². The van der Waals surface area contributed by atoms with Crippen molar-refractivity contribution < 1.29 is 0 Å². The first-order chi connectivity index (χ1) is 10.6. The van der Waals surface area contributed by atoms with Gasteiger partial charge in [-0.05, 0) is 41.2 Å². The summed E-state index contributed by atoms with van der Waals surface area (Å²) in [5, 5.41) is 0. The summed E-state index contributed by atoms with van der Waals surface area (Å²) >= 11 is 0. The Hall–Kier alpha value is -1.44. The molecule has 0 atom stereocenters. The fourth-order valence-corrected chi connectivity index (χ4v) is 6.07. The van der Waals surface area contributed by atoms with Gasteiger partial charge in [-0.3, -0.25) is 0 Å². The van der Waals surface area contributed by atoms with E-state index in [1.807, 2.05) is 0 Å². The Morgan fingerprint density at radius 2 is 1.39 bits per heavy atom. The molecule has 1 aliphatic heterocycles. The molecule has 1 fully saturated rings. The summed E-state index contributed by atoms with van der Waals surface area (Å²) in [5.74, 6) is 0. The molecule has 0 amide bonds. The smallest absolute Gasteiger partial charge is 0.0945 e. The van der Waals surface area contributed by atoms with E-state index in [9.17, 15) is 0 Å². The van der Waals surface area contributed by atoms with E-state index in [1.54, 1.807) is 0 Å². The minimum Gasteiger partial charge on any atom is -0.354 e. The molecule has 1 aliphatic carbocycles. The molecule has 2 heteroatoms. The lowest BCUT2D eigenvalue weighted by molar-refractivity contribution is -0.0653. The molecule has 0 unspecified atom stereocenters. The number of nitrogens with zero attached hydrogens (tertiary/aromatic N) is 2. The van der Waals surface area contributed by atoms with Gasteiger partial charge in [0.15, 0.2) is 0 Å². The van der Waals surface area contributed by atoms with Crippen LogP contribution in [0.3, 0.4) is 0 Å². The third kappa shape index (κ3) is 3.13. The maximum absolute atomic E-state index is 2.57. The van der Waals surface area contributed by atoms with Crippen LogP contribution in [0, 0.1) is 16.2 Å². The first-order valence-corrected chi connectivity index (χ1v) is 8.87. The zero-order valence-electron chi connectivity index (χ0n) is 15.6. The molecule has 1 saturated carbocycles. The molecule has 0 saturated heterocycles. The summed E-state index contributed by atoms with van der Waals surface area (Å²) in [7, 11) is 0. The van der Waals surface area contributed by atoms with Crippen molar-refractivity contribution in [2.24, 2.45) is 16.2 Å². The van der Waals surface area contributed by atoms with Crippen molar-refractivity contribution in [1.82, 2.24) is 4.90 Å². The second kappa shape index (κ2) is 5.29. The number of rotatable bonds is 2. The van der Waals surface area contributed by atoms with Gasteiger partial charge in [0.1, 0.15) is 0 Å². The molecule has 2 nitrogen and oxygen atoms in total. The van der Waals surface area contributed by atoms with Crippen molar-refractivity contribution in [3.8, 4) is 0 Å². The van der Waals surface area contributed by atoms with Crippen LogP contribution in [-0.2, 0) is 0 Å². The van der Waals surface area contributed by atoms with Gasteiger partial charge < -0.3 is 9.80 Å². The predicted octanol–water partition coefficient (Wildman–Crippen LogP) is 5.48. The van der Waals surface area contributed by atoms with Crippen LogP contribution in [0.5, 0.6) is 0 Å². The molecule has 0 aromatic heterocycles. The highest BCUT2D eigenvalue weighted by Gasteiger charge is 2.52. The standard InChI is InChI=1S/C21H32N2/c1-19(2)14-20(3,4)18(21(5,6)15-19)23-13-12-22(16-23)17-10-8-7-9-11-17/h7-13,18H,14-16H2,1-6H3. The summed E-state index contributed by atoms with van der Waals surface area (Å²) in [5.41, 5.74) is 2.31. The van der Waals surface area contributed by atoms with E-state index in [4.69, 9.17) is 0 Å². The third-order valence-electron chi connectivity index (χ3n) is 5.52. The van der Waals surface area contributed by atoms with Crippen LogP contribution in [0.1, 0.15) is 54.4 Å². The maximum atomic E-state index is 2.57. The second-order valence-corrected chi connectivity index (χ2v) is 9.66. The Morgan fingerprint density at radius 1 is 0.826 bits per heavy atom. The highest BCUT2D eigenvalue weighted by molar-refractivity contribution is 5.50. The van der Waals surface area contributed by atoms with Crippen molar-refractivity contribution in [2.75, 3.05) is 11.6 Å². The monoisotopic (exact) mass is 312 g/mol. The van der Waals surface area contributed by atoms with E-state index in [0.29, 0.717) is 22.3 Å². The lowest BCUT2D eigenvalue weighted by atomic mass is 9.53. The molecule has 126 valence electrons.